The Morgan fingerprint density at radius 1 is 1.38 bits per heavy atom. The van der Waals surface area contributed by atoms with Gasteiger partial charge >= 0.3 is 0 Å². The molecule has 0 radical (unpaired) electrons. The van der Waals surface area contributed by atoms with Crippen molar-refractivity contribution >= 4 is 0 Å². The van der Waals surface area contributed by atoms with Gasteiger partial charge in [-0.05, 0) is 20.2 Å². The quantitative estimate of drug-likeness (QED) is 0.692. The molecular formula is C10H11FN2. The third kappa shape index (κ3) is 2.04. The van der Waals surface area contributed by atoms with Crippen LogP contribution in [0.15, 0.2) is 24.3 Å². The van der Waals surface area contributed by atoms with Crippen molar-refractivity contribution in [1.82, 2.24) is 4.90 Å². The number of halogens is 1. The van der Waals surface area contributed by atoms with Crippen molar-refractivity contribution in [3.63, 3.8) is 0 Å². The minimum Gasteiger partial charge on any atom is -0.290 e. The molecule has 1 aromatic carbocycles. The first-order valence-electron chi connectivity index (χ1n) is 3.97. The molecule has 0 aliphatic carbocycles. The standard InChI is InChI=1S/C10H11FN2/c1-13(2)10(7-12)8-5-3-4-6-9(8)11/h3-6,10H,1-2H3. The third-order valence-electron chi connectivity index (χ3n) is 1.84. The fraction of sp³-hybridized carbons (Fsp3) is 0.300. The Balaban J connectivity index is 3.07. The summed E-state index contributed by atoms with van der Waals surface area (Å²) in [6, 6.07) is 7.87. The molecule has 0 amide bonds. The van der Waals surface area contributed by atoms with Crippen molar-refractivity contribution < 1.29 is 4.39 Å². The van der Waals surface area contributed by atoms with Gasteiger partial charge in [-0.2, -0.15) is 5.26 Å². The lowest BCUT2D eigenvalue weighted by Crippen LogP contribution is -2.19. The largest absolute Gasteiger partial charge is 0.290 e. The number of nitrogens with zero attached hydrogens (tertiary/aromatic N) is 2. The lowest BCUT2D eigenvalue weighted by Gasteiger charge is -2.17. The fourth-order valence-electron chi connectivity index (χ4n) is 1.16. The van der Waals surface area contributed by atoms with E-state index in [1.807, 2.05) is 6.07 Å². The molecule has 3 heteroatoms. The van der Waals surface area contributed by atoms with Crippen LogP contribution in [0.4, 0.5) is 4.39 Å². The van der Waals surface area contributed by atoms with Crippen molar-refractivity contribution in [3.05, 3.63) is 35.6 Å². The SMILES string of the molecule is CN(C)C(C#N)c1ccccc1F. The lowest BCUT2D eigenvalue weighted by molar-refractivity contribution is 0.349. The first-order chi connectivity index (χ1) is 6.16. The Morgan fingerprint density at radius 2 is 2.00 bits per heavy atom. The molecule has 1 rings (SSSR count). The second-order valence-electron chi connectivity index (χ2n) is 3.02. The van der Waals surface area contributed by atoms with Crippen LogP contribution < -0.4 is 0 Å². The summed E-state index contributed by atoms with van der Waals surface area (Å²) in [6.45, 7) is 0. The molecule has 0 spiro atoms. The summed E-state index contributed by atoms with van der Waals surface area (Å²) >= 11 is 0. The molecule has 0 saturated heterocycles. The molecule has 0 bridgehead atoms. The van der Waals surface area contributed by atoms with Crippen molar-refractivity contribution in [2.24, 2.45) is 0 Å². The molecule has 0 aliphatic rings. The molecule has 13 heavy (non-hydrogen) atoms. The van der Waals surface area contributed by atoms with Gasteiger partial charge in [0.25, 0.3) is 0 Å². The predicted molar refractivity (Wildman–Crippen MR) is 48.4 cm³/mol. The molecule has 0 heterocycles. The number of hydrogen-bond donors (Lipinski definition) is 0. The highest BCUT2D eigenvalue weighted by atomic mass is 19.1. The van der Waals surface area contributed by atoms with Gasteiger partial charge in [0.1, 0.15) is 11.9 Å². The highest BCUT2D eigenvalue weighted by Gasteiger charge is 2.15. The van der Waals surface area contributed by atoms with Crippen LogP contribution in [0.2, 0.25) is 0 Å². The van der Waals surface area contributed by atoms with Gasteiger partial charge in [0, 0.05) is 5.56 Å². The zero-order valence-corrected chi connectivity index (χ0v) is 7.66. The van der Waals surface area contributed by atoms with E-state index in [0.717, 1.165) is 0 Å². The molecule has 0 N–H and O–H groups in total. The monoisotopic (exact) mass is 178 g/mol. The van der Waals surface area contributed by atoms with E-state index in [0.29, 0.717) is 5.56 Å². The number of benzene rings is 1. The maximum atomic E-state index is 13.2. The van der Waals surface area contributed by atoms with Gasteiger partial charge in [0.15, 0.2) is 0 Å². The molecule has 1 aromatic rings. The van der Waals surface area contributed by atoms with E-state index >= 15 is 0 Å². The van der Waals surface area contributed by atoms with E-state index in [2.05, 4.69) is 0 Å². The molecule has 68 valence electrons. The van der Waals surface area contributed by atoms with Crippen LogP contribution in [0.3, 0.4) is 0 Å². The zero-order valence-electron chi connectivity index (χ0n) is 7.66. The maximum Gasteiger partial charge on any atom is 0.129 e. The molecule has 1 unspecified atom stereocenters. The van der Waals surface area contributed by atoms with Crippen molar-refractivity contribution in [1.29, 1.82) is 5.26 Å². The molecule has 2 nitrogen and oxygen atoms in total. The first-order valence-corrected chi connectivity index (χ1v) is 3.97. The molecule has 0 fully saturated rings. The summed E-state index contributed by atoms with van der Waals surface area (Å²) in [5.41, 5.74) is 0.426. The summed E-state index contributed by atoms with van der Waals surface area (Å²) < 4.78 is 13.2. The average molecular weight is 178 g/mol. The summed E-state index contributed by atoms with van der Waals surface area (Å²) in [6.07, 6.45) is 0. The van der Waals surface area contributed by atoms with Crippen molar-refractivity contribution in [3.8, 4) is 6.07 Å². The van der Waals surface area contributed by atoms with E-state index in [1.165, 1.54) is 6.07 Å². The Kier molecular flexibility index (Phi) is 2.99. The number of rotatable bonds is 2. The maximum absolute atomic E-state index is 13.2. The van der Waals surface area contributed by atoms with Crippen LogP contribution in [-0.2, 0) is 0 Å². The molecule has 1 atom stereocenters. The van der Waals surface area contributed by atoms with Crippen LogP contribution in [0, 0.1) is 17.1 Å². The summed E-state index contributed by atoms with van der Waals surface area (Å²) in [4.78, 5) is 1.68. The minimum atomic E-state index is -0.513. The molecule has 0 saturated carbocycles. The second-order valence-corrected chi connectivity index (χ2v) is 3.02. The second kappa shape index (κ2) is 4.01. The topological polar surface area (TPSA) is 27.0 Å². The van der Waals surface area contributed by atoms with Crippen molar-refractivity contribution in [2.45, 2.75) is 6.04 Å². The van der Waals surface area contributed by atoms with Gasteiger partial charge in [-0.15, -0.1) is 0 Å². The molecular weight excluding hydrogens is 167 g/mol. The van der Waals surface area contributed by atoms with Gasteiger partial charge in [-0.1, -0.05) is 18.2 Å². The van der Waals surface area contributed by atoms with E-state index in [4.69, 9.17) is 5.26 Å². The van der Waals surface area contributed by atoms with Crippen molar-refractivity contribution in [2.75, 3.05) is 14.1 Å². The van der Waals surface area contributed by atoms with Gasteiger partial charge in [-0.3, -0.25) is 4.90 Å². The average Bonchev–Trinajstić information content (AvgIpc) is 2.09. The van der Waals surface area contributed by atoms with Crippen LogP contribution in [-0.4, -0.2) is 19.0 Å². The van der Waals surface area contributed by atoms with Crippen LogP contribution >= 0.6 is 0 Å². The van der Waals surface area contributed by atoms with E-state index in [1.54, 1.807) is 37.2 Å². The van der Waals surface area contributed by atoms with E-state index < -0.39 is 6.04 Å². The number of nitriles is 1. The van der Waals surface area contributed by atoms with Gasteiger partial charge < -0.3 is 0 Å². The van der Waals surface area contributed by atoms with Crippen LogP contribution in [0.25, 0.3) is 0 Å². The Labute approximate surface area is 77.2 Å². The summed E-state index contributed by atoms with van der Waals surface area (Å²) in [5, 5.41) is 8.82. The highest BCUT2D eigenvalue weighted by molar-refractivity contribution is 5.25. The van der Waals surface area contributed by atoms with E-state index in [9.17, 15) is 4.39 Å². The smallest absolute Gasteiger partial charge is 0.129 e. The lowest BCUT2D eigenvalue weighted by atomic mass is 10.1. The minimum absolute atomic E-state index is 0.331. The highest BCUT2D eigenvalue weighted by Crippen LogP contribution is 2.19. The predicted octanol–water partition coefficient (Wildman–Crippen LogP) is 1.95. The molecule has 0 aliphatic heterocycles. The van der Waals surface area contributed by atoms with Gasteiger partial charge in [0.05, 0.1) is 6.07 Å². The zero-order chi connectivity index (χ0) is 9.84. The fourth-order valence-corrected chi connectivity index (χ4v) is 1.16. The van der Waals surface area contributed by atoms with E-state index in [-0.39, 0.29) is 5.82 Å². The third-order valence-corrected chi connectivity index (χ3v) is 1.84. The molecule has 0 aromatic heterocycles. The van der Waals surface area contributed by atoms with Gasteiger partial charge in [-0.25, -0.2) is 4.39 Å². The van der Waals surface area contributed by atoms with Crippen LogP contribution in [0.5, 0.6) is 0 Å². The normalized spacial score (nSPS) is 12.5. The summed E-state index contributed by atoms with van der Waals surface area (Å²) in [5.74, 6) is -0.331. The Hall–Kier alpha value is -1.40. The Bertz CT molecular complexity index is 328. The Morgan fingerprint density at radius 3 is 2.46 bits per heavy atom. The summed E-state index contributed by atoms with van der Waals surface area (Å²) in [7, 11) is 3.50. The van der Waals surface area contributed by atoms with Crippen LogP contribution in [0.1, 0.15) is 11.6 Å². The first kappa shape index (κ1) is 9.69. The van der Waals surface area contributed by atoms with Gasteiger partial charge in [0.2, 0.25) is 0 Å². The number of hydrogen-bond acceptors (Lipinski definition) is 2.